The standard InChI is InChI=1S/C8H15N.ClH/c1-2-3-8-4-6-9-7-5-8;/h3,9H,2,4-7H2,1H3;1H. The molecule has 2 heteroatoms. The maximum Gasteiger partial charge on any atom is -0.00115 e. The summed E-state index contributed by atoms with van der Waals surface area (Å²) in [7, 11) is 0. The van der Waals surface area contributed by atoms with Crippen LogP contribution in [-0.4, -0.2) is 13.1 Å². The van der Waals surface area contributed by atoms with Gasteiger partial charge in [0, 0.05) is 0 Å². The van der Waals surface area contributed by atoms with E-state index >= 15 is 0 Å². The van der Waals surface area contributed by atoms with Gasteiger partial charge in [-0.15, -0.1) is 12.4 Å². The van der Waals surface area contributed by atoms with E-state index < -0.39 is 0 Å². The van der Waals surface area contributed by atoms with Crippen LogP contribution in [0.15, 0.2) is 11.6 Å². The normalized spacial score (nSPS) is 17.9. The minimum absolute atomic E-state index is 0. The van der Waals surface area contributed by atoms with Crippen LogP contribution >= 0.6 is 12.4 Å². The number of hydrogen-bond donors (Lipinski definition) is 1. The van der Waals surface area contributed by atoms with Crippen molar-refractivity contribution in [2.45, 2.75) is 26.2 Å². The fraction of sp³-hybridized carbons (Fsp3) is 0.750. The predicted molar refractivity (Wildman–Crippen MR) is 47.7 cm³/mol. The average Bonchev–Trinajstić information content (AvgIpc) is 1.91. The molecule has 0 aromatic rings. The Morgan fingerprint density at radius 3 is 2.50 bits per heavy atom. The van der Waals surface area contributed by atoms with E-state index in [1.165, 1.54) is 32.4 Å². The summed E-state index contributed by atoms with van der Waals surface area (Å²) < 4.78 is 0. The van der Waals surface area contributed by atoms with Crippen molar-refractivity contribution in [1.82, 2.24) is 5.32 Å². The van der Waals surface area contributed by atoms with Gasteiger partial charge in [0.15, 0.2) is 0 Å². The summed E-state index contributed by atoms with van der Waals surface area (Å²) >= 11 is 0. The van der Waals surface area contributed by atoms with E-state index in [0.717, 1.165) is 0 Å². The monoisotopic (exact) mass is 161 g/mol. The summed E-state index contributed by atoms with van der Waals surface area (Å²) in [6.45, 7) is 4.58. The van der Waals surface area contributed by atoms with E-state index in [-0.39, 0.29) is 12.4 Å². The molecule has 1 heterocycles. The van der Waals surface area contributed by atoms with Gasteiger partial charge in [-0.25, -0.2) is 0 Å². The van der Waals surface area contributed by atoms with E-state index in [1.807, 2.05) is 0 Å². The van der Waals surface area contributed by atoms with Crippen molar-refractivity contribution in [3.63, 3.8) is 0 Å². The van der Waals surface area contributed by atoms with Crippen molar-refractivity contribution in [3.8, 4) is 0 Å². The number of nitrogens with one attached hydrogen (secondary N) is 1. The van der Waals surface area contributed by atoms with Crippen LogP contribution in [0.1, 0.15) is 26.2 Å². The Morgan fingerprint density at radius 2 is 2.00 bits per heavy atom. The van der Waals surface area contributed by atoms with Gasteiger partial charge in [-0.3, -0.25) is 0 Å². The van der Waals surface area contributed by atoms with Crippen molar-refractivity contribution >= 4 is 12.4 Å². The lowest BCUT2D eigenvalue weighted by Gasteiger charge is -2.14. The Kier molecular flexibility index (Phi) is 5.74. The van der Waals surface area contributed by atoms with Crippen molar-refractivity contribution in [3.05, 3.63) is 11.6 Å². The lowest BCUT2D eigenvalue weighted by molar-refractivity contribution is 0.607. The lowest BCUT2D eigenvalue weighted by Crippen LogP contribution is -2.22. The van der Waals surface area contributed by atoms with Crippen LogP contribution < -0.4 is 5.32 Å². The second-order valence-electron chi connectivity index (χ2n) is 2.52. The highest BCUT2D eigenvalue weighted by Gasteiger charge is 2.01. The summed E-state index contributed by atoms with van der Waals surface area (Å²) in [4.78, 5) is 0. The van der Waals surface area contributed by atoms with Crippen LogP contribution in [0.3, 0.4) is 0 Å². The molecular weight excluding hydrogens is 146 g/mol. The molecule has 1 N–H and O–H groups in total. The first-order chi connectivity index (χ1) is 4.43. The van der Waals surface area contributed by atoms with Crippen LogP contribution in [0.25, 0.3) is 0 Å². The molecule has 0 spiro atoms. The van der Waals surface area contributed by atoms with Crippen LogP contribution in [0.2, 0.25) is 0 Å². The SMILES string of the molecule is CCC=C1CCNCC1.Cl. The molecule has 0 radical (unpaired) electrons. The predicted octanol–water partition coefficient (Wildman–Crippen LogP) is 2.13. The molecule has 0 atom stereocenters. The van der Waals surface area contributed by atoms with E-state index in [2.05, 4.69) is 18.3 Å². The van der Waals surface area contributed by atoms with Gasteiger partial charge in [0.2, 0.25) is 0 Å². The average molecular weight is 162 g/mol. The fourth-order valence-electron chi connectivity index (χ4n) is 1.24. The van der Waals surface area contributed by atoms with Crippen molar-refractivity contribution in [2.24, 2.45) is 0 Å². The maximum atomic E-state index is 3.33. The molecule has 1 saturated heterocycles. The molecule has 1 nitrogen and oxygen atoms in total. The maximum absolute atomic E-state index is 3.33. The third-order valence-corrected chi connectivity index (χ3v) is 1.74. The zero-order valence-corrected chi connectivity index (χ0v) is 7.34. The number of halogens is 1. The molecule has 60 valence electrons. The summed E-state index contributed by atoms with van der Waals surface area (Å²) in [5.74, 6) is 0. The molecule has 1 aliphatic heterocycles. The lowest BCUT2D eigenvalue weighted by atomic mass is 10.1. The van der Waals surface area contributed by atoms with Gasteiger partial charge < -0.3 is 5.32 Å². The summed E-state index contributed by atoms with van der Waals surface area (Å²) in [5, 5.41) is 3.33. The summed E-state index contributed by atoms with van der Waals surface area (Å²) in [6, 6.07) is 0. The fourth-order valence-corrected chi connectivity index (χ4v) is 1.24. The first kappa shape index (κ1) is 9.99. The van der Waals surface area contributed by atoms with Gasteiger partial charge in [-0.2, -0.15) is 0 Å². The topological polar surface area (TPSA) is 12.0 Å². The molecule has 0 amide bonds. The highest BCUT2D eigenvalue weighted by molar-refractivity contribution is 5.85. The quantitative estimate of drug-likeness (QED) is 0.581. The summed E-state index contributed by atoms with van der Waals surface area (Å²) in [6.07, 6.45) is 6.11. The third-order valence-electron chi connectivity index (χ3n) is 1.74. The van der Waals surface area contributed by atoms with Gasteiger partial charge in [0.05, 0.1) is 0 Å². The first-order valence-electron chi connectivity index (χ1n) is 3.82. The molecular formula is C8H16ClN. The Bertz CT molecular complexity index is 102. The Balaban J connectivity index is 0.000000810. The zero-order chi connectivity index (χ0) is 6.53. The minimum atomic E-state index is 0. The molecule has 0 aromatic heterocycles. The second-order valence-corrected chi connectivity index (χ2v) is 2.52. The van der Waals surface area contributed by atoms with E-state index in [1.54, 1.807) is 5.57 Å². The van der Waals surface area contributed by atoms with Gasteiger partial charge >= 0.3 is 0 Å². The van der Waals surface area contributed by atoms with Gasteiger partial charge in [0.25, 0.3) is 0 Å². The minimum Gasteiger partial charge on any atom is -0.316 e. The second kappa shape index (κ2) is 5.75. The van der Waals surface area contributed by atoms with Gasteiger partial charge in [-0.1, -0.05) is 18.6 Å². The van der Waals surface area contributed by atoms with E-state index in [9.17, 15) is 0 Å². The highest BCUT2D eigenvalue weighted by Crippen LogP contribution is 2.09. The van der Waals surface area contributed by atoms with Crippen molar-refractivity contribution in [2.75, 3.05) is 13.1 Å². The molecule has 10 heavy (non-hydrogen) atoms. The van der Waals surface area contributed by atoms with Crippen molar-refractivity contribution < 1.29 is 0 Å². The number of allylic oxidation sites excluding steroid dienone is 1. The Morgan fingerprint density at radius 1 is 1.40 bits per heavy atom. The molecule has 0 bridgehead atoms. The Hall–Kier alpha value is -0.0100. The smallest absolute Gasteiger partial charge is 0.00115 e. The van der Waals surface area contributed by atoms with Crippen LogP contribution in [0, 0.1) is 0 Å². The van der Waals surface area contributed by atoms with E-state index in [4.69, 9.17) is 0 Å². The molecule has 0 saturated carbocycles. The molecule has 1 aliphatic rings. The van der Waals surface area contributed by atoms with Gasteiger partial charge in [0.1, 0.15) is 0 Å². The third kappa shape index (κ3) is 3.23. The Labute approximate surface area is 69.3 Å². The molecule has 1 fully saturated rings. The first-order valence-corrected chi connectivity index (χ1v) is 3.82. The van der Waals surface area contributed by atoms with Crippen LogP contribution in [0.5, 0.6) is 0 Å². The molecule has 0 unspecified atom stereocenters. The molecule has 0 aliphatic carbocycles. The molecule has 0 aromatic carbocycles. The van der Waals surface area contributed by atoms with Crippen molar-refractivity contribution in [1.29, 1.82) is 0 Å². The number of rotatable bonds is 1. The van der Waals surface area contributed by atoms with Gasteiger partial charge in [-0.05, 0) is 32.4 Å². The number of piperidine rings is 1. The van der Waals surface area contributed by atoms with E-state index in [0.29, 0.717) is 0 Å². The molecule has 1 rings (SSSR count). The number of hydrogen-bond acceptors (Lipinski definition) is 1. The highest BCUT2D eigenvalue weighted by atomic mass is 35.5. The zero-order valence-electron chi connectivity index (χ0n) is 6.52. The van der Waals surface area contributed by atoms with Crippen LogP contribution in [-0.2, 0) is 0 Å². The largest absolute Gasteiger partial charge is 0.316 e. The van der Waals surface area contributed by atoms with Crippen LogP contribution in [0.4, 0.5) is 0 Å². The summed E-state index contributed by atoms with van der Waals surface area (Å²) in [5.41, 5.74) is 1.65.